The minimum Gasteiger partial charge on any atom is -0.481 e. The molecule has 3 heterocycles. The van der Waals surface area contributed by atoms with Crippen molar-refractivity contribution < 1.29 is 14.6 Å². The third-order valence-electron chi connectivity index (χ3n) is 7.02. The summed E-state index contributed by atoms with van der Waals surface area (Å²) >= 11 is 0. The first kappa shape index (κ1) is 22.0. The first-order chi connectivity index (χ1) is 17.6. The number of rotatable bonds is 5. The van der Waals surface area contributed by atoms with Crippen molar-refractivity contribution in [1.29, 1.82) is 0 Å². The summed E-state index contributed by atoms with van der Waals surface area (Å²) in [6.07, 6.45) is 6.43. The van der Waals surface area contributed by atoms with E-state index < -0.39 is 5.97 Å². The zero-order chi connectivity index (χ0) is 24.6. The first-order valence-electron chi connectivity index (χ1n) is 12.0. The Labute approximate surface area is 207 Å². The third kappa shape index (κ3) is 4.00. The maximum atomic E-state index is 11.4. The number of nitrogen functional groups attached to an aromatic ring is 1. The maximum absolute atomic E-state index is 11.4. The van der Waals surface area contributed by atoms with Gasteiger partial charge in [0.2, 0.25) is 5.88 Å². The van der Waals surface area contributed by atoms with Gasteiger partial charge in [-0.05, 0) is 55.5 Å². The number of pyridine rings is 1. The van der Waals surface area contributed by atoms with Crippen LogP contribution in [0.2, 0.25) is 0 Å². The summed E-state index contributed by atoms with van der Waals surface area (Å²) in [6, 6.07) is 19.7. The molecule has 0 spiro atoms. The highest BCUT2D eigenvalue weighted by molar-refractivity contribution is 6.02. The van der Waals surface area contributed by atoms with E-state index in [0.717, 1.165) is 51.7 Å². The monoisotopic (exact) mass is 479 g/mol. The Kier molecular flexibility index (Phi) is 5.48. The summed E-state index contributed by atoms with van der Waals surface area (Å²) in [5.74, 6) is 0.679. The number of carboxylic acid groups (broad SMARTS) is 1. The predicted octanol–water partition coefficient (Wildman–Crippen LogP) is 5.84. The van der Waals surface area contributed by atoms with Crippen molar-refractivity contribution in [3.63, 3.8) is 0 Å². The van der Waals surface area contributed by atoms with E-state index in [2.05, 4.69) is 26.8 Å². The molecule has 1 aliphatic carbocycles. The number of carboxylic acids is 1. The molecular formula is C28H25N5O3. The summed E-state index contributed by atoms with van der Waals surface area (Å²) < 4.78 is 8.08. The smallest absolute Gasteiger partial charge is 0.306 e. The number of para-hydroxylation sites is 1. The van der Waals surface area contributed by atoms with Crippen molar-refractivity contribution in [1.82, 2.24) is 19.5 Å². The average Bonchev–Trinajstić information content (AvgIpc) is 3.30. The van der Waals surface area contributed by atoms with E-state index in [0.29, 0.717) is 24.5 Å². The van der Waals surface area contributed by atoms with Crippen LogP contribution in [0.15, 0.2) is 73.2 Å². The molecule has 1 fully saturated rings. The van der Waals surface area contributed by atoms with Gasteiger partial charge in [0, 0.05) is 29.3 Å². The Morgan fingerprint density at radius 3 is 2.56 bits per heavy atom. The van der Waals surface area contributed by atoms with E-state index in [1.165, 1.54) is 6.33 Å². The number of nitrogens with zero attached hydrogens (tertiary/aromatic N) is 4. The van der Waals surface area contributed by atoms with Crippen molar-refractivity contribution in [3.05, 3.63) is 73.2 Å². The molecule has 5 aromatic rings. The third-order valence-corrected chi connectivity index (χ3v) is 7.02. The van der Waals surface area contributed by atoms with E-state index in [9.17, 15) is 9.90 Å². The van der Waals surface area contributed by atoms with Gasteiger partial charge >= 0.3 is 5.97 Å². The predicted molar refractivity (Wildman–Crippen MR) is 138 cm³/mol. The minimum atomic E-state index is -0.711. The van der Waals surface area contributed by atoms with Gasteiger partial charge in [-0.25, -0.2) is 15.0 Å². The number of ether oxygens (including phenoxy) is 1. The van der Waals surface area contributed by atoms with Gasteiger partial charge < -0.3 is 20.1 Å². The fraction of sp³-hybridized carbons (Fsp3) is 0.214. The second-order valence-electron chi connectivity index (χ2n) is 9.22. The van der Waals surface area contributed by atoms with Crippen LogP contribution < -0.4 is 10.5 Å². The molecule has 0 bridgehead atoms. The SMILES string of the molecule is Nc1ncnc2c1c(-c1ccc3ccc(Oc4ccccc4)nc3c1)cn2C1CCC(C(=O)O)CC1. The normalized spacial score (nSPS) is 17.9. The molecule has 2 aromatic carbocycles. The van der Waals surface area contributed by atoms with Crippen molar-refractivity contribution >= 4 is 33.7 Å². The van der Waals surface area contributed by atoms with Gasteiger partial charge in [0.15, 0.2) is 0 Å². The lowest BCUT2D eigenvalue weighted by Crippen LogP contribution is -2.23. The van der Waals surface area contributed by atoms with Crippen LogP contribution in [-0.2, 0) is 4.79 Å². The molecule has 0 atom stereocenters. The standard InChI is InChI=1S/C28H25N5O3/c29-26-25-22(15-33(27(25)31-16-30-26)20-11-8-18(9-12-20)28(34)35)19-7-6-17-10-13-24(32-23(17)14-19)36-21-4-2-1-3-5-21/h1-7,10,13-16,18,20H,8-9,11-12H2,(H,34,35)(H2,29,30,31). The van der Waals surface area contributed by atoms with E-state index in [-0.39, 0.29) is 12.0 Å². The molecule has 0 aliphatic heterocycles. The van der Waals surface area contributed by atoms with Crippen molar-refractivity contribution in [2.24, 2.45) is 5.92 Å². The average molecular weight is 480 g/mol. The summed E-state index contributed by atoms with van der Waals surface area (Å²) in [7, 11) is 0. The van der Waals surface area contributed by atoms with Crippen molar-refractivity contribution in [3.8, 4) is 22.8 Å². The van der Waals surface area contributed by atoms with Gasteiger partial charge in [-0.3, -0.25) is 4.79 Å². The lowest BCUT2D eigenvalue weighted by Gasteiger charge is -2.27. The van der Waals surface area contributed by atoms with Crippen LogP contribution in [0.4, 0.5) is 5.82 Å². The number of hydrogen-bond donors (Lipinski definition) is 2. The van der Waals surface area contributed by atoms with E-state index in [4.69, 9.17) is 15.5 Å². The Bertz CT molecular complexity index is 1570. The Hall–Kier alpha value is -4.46. The second-order valence-corrected chi connectivity index (χ2v) is 9.22. The zero-order valence-corrected chi connectivity index (χ0v) is 19.5. The first-order valence-corrected chi connectivity index (χ1v) is 12.0. The van der Waals surface area contributed by atoms with Gasteiger partial charge in [0.1, 0.15) is 23.5 Å². The molecule has 1 saturated carbocycles. The lowest BCUT2D eigenvalue weighted by molar-refractivity contribution is -0.143. The molecule has 8 heteroatoms. The molecule has 0 unspecified atom stereocenters. The van der Waals surface area contributed by atoms with Gasteiger partial charge in [0.25, 0.3) is 0 Å². The fourth-order valence-electron chi connectivity index (χ4n) is 5.14. The summed E-state index contributed by atoms with van der Waals surface area (Å²) in [6.45, 7) is 0. The highest BCUT2D eigenvalue weighted by atomic mass is 16.5. The van der Waals surface area contributed by atoms with Crippen molar-refractivity contribution in [2.75, 3.05) is 5.73 Å². The van der Waals surface area contributed by atoms with Gasteiger partial charge in [-0.2, -0.15) is 0 Å². The number of hydrogen-bond acceptors (Lipinski definition) is 6. The summed E-state index contributed by atoms with van der Waals surface area (Å²) in [4.78, 5) is 25.0. The Balaban J connectivity index is 1.40. The topological polar surface area (TPSA) is 116 Å². The molecule has 0 saturated heterocycles. The number of aromatic nitrogens is 4. The number of fused-ring (bicyclic) bond motifs is 2. The van der Waals surface area contributed by atoms with Crippen LogP contribution in [-0.4, -0.2) is 30.6 Å². The molecule has 3 N–H and O–H groups in total. The zero-order valence-electron chi connectivity index (χ0n) is 19.5. The van der Waals surface area contributed by atoms with E-state index >= 15 is 0 Å². The number of carbonyl (C=O) groups is 1. The fourth-order valence-corrected chi connectivity index (χ4v) is 5.14. The number of benzene rings is 2. The van der Waals surface area contributed by atoms with Gasteiger partial charge in [-0.1, -0.05) is 30.3 Å². The summed E-state index contributed by atoms with van der Waals surface area (Å²) in [5.41, 5.74) is 9.80. The van der Waals surface area contributed by atoms with Gasteiger partial charge in [-0.15, -0.1) is 0 Å². The van der Waals surface area contributed by atoms with Crippen molar-refractivity contribution in [2.45, 2.75) is 31.7 Å². The molecule has 8 nitrogen and oxygen atoms in total. The Morgan fingerprint density at radius 2 is 1.78 bits per heavy atom. The van der Waals surface area contributed by atoms with Crippen LogP contribution in [0.3, 0.4) is 0 Å². The quantitative estimate of drug-likeness (QED) is 0.325. The number of nitrogens with two attached hydrogens (primary N) is 1. The highest BCUT2D eigenvalue weighted by Gasteiger charge is 2.28. The van der Waals surface area contributed by atoms with Gasteiger partial charge in [0.05, 0.1) is 16.8 Å². The maximum Gasteiger partial charge on any atom is 0.306 e. The van der Waals surface area contributed by atoms with Crippen LogP contribution in [0.25, 0.3) is 33.1 Å². The molecule has 0 radical (unpaired) electrons. The molecule has 36 heavy (non-hydrogen) atoms. The van der Waals surface area contributed by atoms with Crippen LogP contribution in [0.5, 0.6) is 11.6 Å². The van der Waals surface area contributed by atoms with Crippen LogP contribution in [0, 0.1) is 5.92 Å². The lowest BCUT2D eigenvalue weighted by atomic mass is 9.86. The highest BCUT2D eigenvalue weighted by Crippen LogP contribution is 2.40. The number of aliphatic carboxylic acids is 1. The summed E-state index contributed by atoms with van der Waals surface area (Å²) in [5, 5.41) is 11.2. The Morgan fingerprint density at radius 1 is 1.00 bits per heavy atom. The van der Waals surface area contributed by atoms with Crippen LogP contribution in [0.1, 0.15) is 31.7 Å². The van der Waals surface area contributed by atoms with Crippen LogP contribution >= 0.6 is 0 Å². The second kappa shape index (κ2) is 8.96. The molecule has 3 aromatic heterocycles. The minimum absolute atomic E-state index is 0.163. The largest absolute Gasteiger partial charge is 0.481 e. The molecular weight excluding hydrogens is 454 g/mol. The molecule has 1 aliphatic rings. The van der Waals surface area contributed by atoms with E-state index in [1.54, 1.807) is 0 Å². The number of anilines is 1. The molecule has 180 valence electrons. The molecule has 0 amide bonds. The molecule has 6 rings (SSSR count). The van der Waals surface area contributed by atoms with E-state index in [1.807, 2.05) is 54.6 Å².